The molecule has 1 unspecified atom stereocenters. The molecule has 0 amide bonds. The van der Waals surface area contributed by atoms with E-state index in [0.29, 0.717) is 18.6 Å². The maximum absolute atomic E-state index is 12.2. The van der Waals surface area contributed by atoms with Gasteiger partial charge in [-0.05, 0) is 25.0 Å². The van der Waals surface area contributed by atoms with E-state index in [2.05, 4.69) is 4.98 Å². The van der Waals surface area contributed by atoms with Gasteiger partial charge in [0, 0.05) is 12.8 Å². The third kappa shape index (κ3) is 1.79. The van der Waals surface area contributed by atoms with Crippen LogP contribution >= 0.6 is 0 Å². The predicted octanol–water partition coefficient (Wildman–Crippen LogP) is 0.273. The molecule has 2 rings (SSSR count). The van der Waals surface area contributed by atoms with E-state index in [0.717, 1.165) is 5.56 Å². The number of carbonyl (C=O) groups is 1. The van der Waals surface area contributed by atoms with Crippen molar-refractivity contribution in [2.24, 2.45) is 5.73 Å². The molecule has 5 nitrogen and oxygen atoms in total. The summed E-state index contributed by atoms with van der Waals surface area (Å²) in [4.78, 5) is 16.2. The molecule has 4 N–H and O–H groups in total. The summed E-state index contributed by atoms with van der Waals surface area (Å²) in [5.74, 6) is 0.0472. The molecule has 1 saturated heterocycles. The lowest BCUT2D eigenvalue weighted by Crippen LogP contribution is -2.48. The molecule has 1 aliphatic rings. The van der Waals surface area contributed by atoms with E-state index in [4.69, 9.17) is 16.2 Å². The SMILES string of the molecule is Cc1cnc(N)c(C(=O)C2(N)CCOC2)c1. The third-order valence-electron chi connectivity index (χ3n) is 2.80. The van der Waals surface area contributed by atoms with Crippen LogP contribution in [0.3, 0.4) is 0 Å². The van der Waals surface area contributed by atoms with Gasteiger partial charge in [-0.3, -0.25) is 4.79 Å². The number of aromatic nitrogens is 1. The van der Waals surface area contributed by atoms with Crippen LogP contribution in [0, 0.1) is 6.92 Å². The first-order chi connectivity index (χ1) is 7.53. The number of rotatable bonds is 2. The number of aryl methyl sites for hydroxylation is 1. The molecule has 0 radical (unpaired) electrons. The van der Waals surface area contributed by atoms with Crippen molar-refractivity contribution in [2.45, 2.75) is 18.9 Å². The Hall–Kier alpha value is -1.46. The number of nitrogens with zero attached hydrogens (tertiary/aromatic N) is 1. The molecule has 0 spiro atoms. The van der Waals surface area contributed by atoms with E-state index < -0.39 is 5.54 Å². The van der Waals surface area contributed by atoms with E-state index in [1.54, 1.807) is 12.3 Å². The van der Waals surface area contributed by atoms with Gasteiger partial charge in [0.2, 0.25) is 0 Å². The molecule has 1 aromatic rings. The zero-order valence-corrected chi connectivity index (χ0v) is 9.19. The molecule has 1 aromatic heterocycles. The Morgan fingerprint density at radius 3 is 3.00 bits per heavy atom. The van der Waals surface area contributed by atoms with Gasteiger partial charge in [-0.25, -0.2) is 4.98 Å². The fraction of sp³-hybridized carbons (Fsp3) is 0.455. The number of Topliss-reactive ketones (excluding diaryl/α,β-unsaturated/α-hetero) is 1. The van der Waals surface area contributed by atoms with Crippen LogP contribution < -0.4 is 11.5 Å². The van der Waals surface area contributed by atoms with Gasteiger partial charge in [-0.1, -0.05) is 0 Å². The molecule has 86 valence electrons. The van der Waals surface area contributed by atoms with Crippen LogP contribution in [0.25, 0.3) is 0 Å². The molecular weight excluding hydrogens is 206 g/mol. The van der Waals surface area contributed by atoms with Crippen LogP contribution in [-0.2, 0) is 4.74 Å². The number of nitrogen functional groups attached to an aromatic ring is 1. The fourth-order valence-corrected chi connectivity index (χ4v) is 1.79. The van der Waals surface area contributed by atoms with Gasteiger partial charge in [0.25, 0.3) is 0 Å². The Balaban J connectivity index is 2.36. The smallest absolute Gasteiger partial charge is 0.188 e. The third-order valence-corrected chi connectivity index (χ3v) is 2.80. The maximum atomic E-state index is 12.2. The highest BCUT2D eigenvalue weighted by molar-refractivity contribution is 6.06. The van der Waals surface area contributed by atoms with Gasteiger partial charge in [0.15, 0.2) is 5.78 Å². The van der Waals surface area contributed by atoms with Crippen LogP contribution in [0.1, 0.15) is 22.3 Å². The van der Waals surface area contributed by atoms with Gasteiger partial charge in [0.1, 0.15) is 11.4 Å². The number of hydrogen-bond donors (Lipinski definition) is 2. The highest BCUT2D eigenvalue weighted by Gasteiger charge is 2.39. The van der Waals surface area contributed by atoms with Crippen molar-refractivity contribution in [2.75, 3.05) is 18.9 Å². The fourth-order valence-electron chi connectivity index (χ4n) is 1.79. The number of carbonyl (C=O) groups excluding carboxylic acids is 1. The Labute approximate surface area is 93.8 Å². The molecular formula is C11H15N3O2. The summed E-state index contributed by atoms with van der Waals surface area (Å²) in [5, 5.41) is 0. The quantitative estimate of drug-likeness (QED) is 0.699. The highest BCUT2D eigenvalue weighted by Crippen LogP contribution is 2.23. The number of anilines is 1. The van der Waals surface area contributed by atoms with Crippen LogP contribution in [-0.4, -0.2) is 29.5 Å². The summed E-state index contributed by atoms with van der Waals surface area (Å²) < 4.78 is 5.17. The molecule has 2 heterocycles. The predicted molar refractivity (Wildman–Crippen MR) is 60.1 cm³/mol. The zero-order valence-electron chi connectivity index (χ0n) is 9.19. The first-order valence-corrected chi connectivity index (χ1v) is 5.16. The standard InChI is InChI=1S/C11H15N3O2/c1-7-4-8(10(12)14-5-7)9(15)11(13)2-3-16-6-11/h4-5H,2-3,6,13H2,1H3,(H2,12,14). The van der Waals surface area contributed by atoms with Crippen molar-refractivity contribution < 1.29 is 9.53 Å². The lowest BCUT2D eigenvalue weighted by Gasteiger charge is -2.20. The van der Waals surface area contributed by atoms with E-state index >= 15 is 0 Å². The molecule has 16 heavy (non-hydrogen) atoms. The summed E-state index contributed by atoms with van der Waals surface area (Å²) >= 11 is 0. The first kappa shape index (κ1) is 11.0. The number of ketones is 1. The Morgan fingerprint density at radius 2 is 2.38 bits per heavy atom. The molecule has 1 fully saturated rings. The maximum Gasteiger partial charge on any atom is 0.188 e. The minimum Gasteiger partial charge on any atom is -0.383 e. The molecule has 1 aliphatic heterocycles. The Bertz CT molecular complexity index is 425. The number of nitrogens with two attached hydrogens (primary N) is 2. The zero-order chi connectivity index (χ0) is 11.8. The molecule has 1 atom stereocenters. The molecule has 0 saturated carbocycles. The van der Waals surface area contributed by atoms with Gasteiger partial charge in [-0.2, -0.15) is 0 Å². The van der Waals surface area contributed by atoms with Crippen LogP contribution in [0.5, 0.6) is 0 Å². The average molecular weight is 221 g/mol. The van der Waals surface area contributed by atoms with Gasteiger partial charge >= 0.3 is 0 Å². The summed E-state index contributed by atoms with van der Waals surface area (Å²) in [5.41, 5.74) is 12.0. The van der Waals surface area contributed by atoms with Crippen LogP contribution in [0.2, 0.25) is 0 Å². The topological polar surface area (TPSA) is 91.2 Å². The second-order valence-corrected chi connectivity index (χ2v) is 4.23. The van der Waals surface area contributed by atoms with E-state index in [1.165, 1.54) is 0 Å². The molecule has 0 bridgehead atoms. The van der Waals surface area contributed by atoms with Gasteiger partial charge in [0.05, 0.1) is 12.2 Å². The second kappa shape index (κ2) is 3.84. The lowest BCUT2D eigenvalue weighted by molar-refractivity contribution is 0.0863. The van der Waals surface area contributed by atoms with Crippen molar-refractivity contribution in [3.63, 3.8) is 0 Å². The Morgan fingerprint density at radius 1 is 1.62 bits per heavy atom. The monoisotopic (exact) mass is 221 g/mol. The molecule has 0 aliphatic carbocycles. The van der Waals surface area contributed by atoms with Gasteiger partial charge in [-0.15, -0.1) is 0 Å². The van der Waals surface area contributed by atoms with Crippen molar-refractivity contribution in [3.05, 3.63) is 23.4 Å². The van der Waals surface area contributed by atoms with Crippen LogP contribution in [0.4, 0.5) is 5.82 Å². The second-order valence-electron chi connectivity index (χ2n) is 4.23. The van der Waals surface area contributed by atoms with E-state index in [9.17, 15) is 4.79 Å². The average Bonchev–Trinajstić information content (AvgIpc) is 2.69. The molecule has 5 heteroatoms. The van der Waals surface area contributed by atoms with Crippen molar-refractivity contribution in [1.29, 1.82) is 0 Å². The first-order valence-electron chi connectivity index (χ1n) is 5.16. The number of pyridine rings is 1. The number of ether oxygens (including phenoxy) is 1. The van der Waals surface area contributed by atoms with E-state index in [1.807, 2.05) is 6.92 Å². The molecule has 0 aromatic carbocycles. The minimum atomic E-state index is -0.941. The highest BCUT2D eigenvalue weighted by atomic mass is 16.5. The minimum absolute atomic E-state index is 0.182. The van der Waals surface area contributed by atoms with E-state index in [-0.39, 0.29) is 18.2 Å². The van der Waals surface area contributed by atoms with Crippen LogP contribution in [0.15, 0.2) is 12.3 Å². The summed E-state index contributed by atoms with van der Waals surface area (Å²) in [6.07, 6.45) is 2.15. The normalized spacial score (nSPS) is 24.6. The summed E-state index contributed by atoms with van der Waals surface area (Å²) in [6.45, 7) is 2.62. The lowest BCUT2D eigenvalue weighted by atomic mass is 9.89. The largest absolute Gasteiger partial charge is 0.383 e. The number of hydrogen-bond acceptors (Lipinski definition) is 5. The van der Waals surface area contributed by atoms with Crippen molar-refractivity contribution in [3.8, 4) is 0 Å². The Kier molecular flexibility index (Phi) is 2.65. The van der Waals surface area contributed by atoms with Crippen molar-refractivity contribution >= 4 is 11.6 Å². The van der Waals surface area contributed by atoms with Gasteiger partial charge < -0.3 is 16.2 Å². The van der Waals surface area contributed by atoms with Crippen molar-refractivity contribution in [1.82, 2.24) is 4.98 Å². The summed E-state index contributed by atoms with van der Waals surface area (Å²) in [7, 11) is 0. The summed E-state index contributed by atoms with van der Waals surface area (Å²) in [6, 6.07) is 1.72.